The molecular weight excluding hydrogens is 318 g/mol. The average molecular weight is 339 g/mol. The van der Waals surface area contributed by atoms with E-state index in [1.807, 2.05) is 27.0 Å². The predicted molar refractivity (Wildman–Crippen MR) is 100 cm³/mol. The van der Waals surface area contributed by atoms with E-state index < -0.39 is 0 Å². The minimum atomic E-state index is -0.0998. The first kappa shape index (κ1) is 16.8. The third kappa shape index (κ3) is 3.00. The monoisotopic (exact) mass is 339 g/mol. The molecule has 3 rings (SSSR count). The van der Waals surface area contributed by atoms with Crippen LogP contribution in [0.25, 0.3) is 22.3 Å². The number of aryl methyl sites for hydroxylation is 2. The maximum atomic E-state index is 12.2. The number of pyridine rings is 1. The smallest absolute Gasteiger partial charge is 0.207 e. The second-order valence-corrected chi connectivity index (χ2v) is 5.94. The van der Waals surface area contributed by atoms with Crippen molar-refractivity contribution in [1.82, 2.24) is 14.8 Å². The minimum Gasteiger partial charge on any atom is -0.507 e. The summed E-state index contributed by atoms with van der Waals surface area (Å²) in [7, 11) is 3.53. The number of rotatable bonds is 4. The van der Waals surface area contributed by atoms with Gasteiger partial charge < -0.3 is 10.1 Å². The minimum absolute atomic E-state index is 0.0819. The summed E-state index contributed by atoms with van der Waals surface area (Å²) in [6.45, 7) is 3.83. The van der Waals surface area contributed by atoms with Crippen molar-refractivity contribution in [2.45, 2.75) is 20.3 Å². The van der Waals surface area contributed by atoms with Gasteiger partial charge in [0.25, 0.3) is 0 Å². The number of H-pyrrole nitrogens is 1. The lowest BCUT2D eigenvalue weighted by molar-refractivity contribution is 0.477. The van der Waals surface area contributed by atoms with Crippen molar-refractivity contribution in [2.75, 3.05) is 12.1 Å². The molecule has 0 saturated heterocycles. The Labute approximate surface area is 145 Å². The number of phenols is 1. The highest BCUT2D eigenvalue weighted by Crippen LogP contribution is 2.34. The molecule has 3 aromatic rings. The molecule has 130 valence electrons. The number of aromatic hydroxyl groups is 1. The molecule has 7 nitrogen and oxygen atoms in total. The van der Waals surface area contributed by atoms with E-state index in [0.29, 0.717) is 22.3 Å². The number of hydrogen-bond donors (Lipinski definition) is 2. The third-order valence-corrected chi connectivity index (χ3v) is 4.00. The summed E-state index contributed by atoms with van der Waals surface area (Å²) in [6.07, 6.45) is 2.63. The molecule has 0 amide bonds. The fraction of sp³-hybridized carbons (Fsp3) is 0.278. The molecule has 0 atom stereocenters. The van der Waals surface area contributed by atoms with Crippen LogP contribution >= 0.6 is 0 Å². The fourth-order valence-corrected chi connectivity index (χ4v) is 2.80. The van der Waals surface area contributed by atoms with E-state index in [9.17, 15) is 9.90 Å². The molecule has 0 radical (unpaired) electrons. The Bertz CT molecular complexity index is 1020. The molecule has 0 aliphatic rings. The van der Waals surface area contributed by atoms with Crippen molar-refractivity contribution >= 4 is 22.9 Å². The van der Waals surface area contributed by atoms with Crippen LogP contribution in [0.15, 0.2) is 34.2 Å². The van der Waals surface area contributed by atoms with E-state index in [1.54, 1.807) is 30.4 Å². The second kappa shape index (κ2) is 6.43. The summed E-state index contributed by atoms with van der Waals surface area (Å²) in [4.78, 5) is 15.4. The predicted octanol–water partition coefficient (Wildman–Crippen LogP) is 2.77. The van der Waals surface area contributed by atoms with Gasteiger partial charge in [0, 0.05) is 43.7 Å². The quantitative estimate of drug-likeness (QED) is 0.565. The number of nitrogens with zero attached hydrogens (tertiary/aromatic N) is 4. The van der Waals surface area contributed by atoms with Gasteiger partial charge in [-0.3, -0.25) is 14.5 Å². The Hall–Kier alpha value is -3.09. The lowest BCUT2D eigenvalue weighted by Crippen LogP contribution is -2.08. The van der Waals surface area contributed by atoms with Crippen LogP contribution in [0.4, 0.5) is 5.69 Å². The summed E-state index contributed by atoms with van der Waals surface area (Å²) in [6, 6.07) is 6.82. The fourth-order valence-electron chi connectivity index (χ4n) is 2.80. The first-order valence-electron chi connectivity index (χ1n) is 8.08. The van der Waals surface area contributed by atoms with Crippen molar-refractivity contribution in [3.05, 3.63) is 40.2 Å². The molecule has 0 fully saturated rings. The van der Waals surface area contributed by atoms with Gasteiger partial charge >= 0.3 is 0 Å². The van der Waals surface area contributed by atoms with E-state index in [-0.39, 0.29) is 11.2 Å². The zero-order chi connectivity index (χ0) is 18.1. The molecule has 0 spiro atoms. The van der Waals surface area contributed by atoms with Gasteiger partial charge in [-0.1, -0.05) is 6.92 Å². The lowest BCUT2D eigenvalue weighted by atomic mass is 10.1. The van der Waals surface area contributed by atoms with Crippen LogP contribution in [0.3, 0.4) is 0 Å². The largest absolute Gasteiger partial charge is 0.507 e. The first-order chi connectivity index (χ1) is 11.9. The van der Waals surface area contributed by atoms with E-state index in [2.05, 4.69) is 15.2 Å². The third-order valence-electron chi connectivity index (χ3n) is 4.00. The molecule has 2 heterocycles. The molecule has 7 heteroatoms. The van der Waals surface area contributed by atoms with Gasteiger partial charge in [0.15, 0.2) is 0 Å². The highest BCUT2D eigenvalue weighted by atomic mass is 16.3. The van der Waals surface area contributed by atoms with Gasteiger partial charge in [-0.15, -0.1) is 0 Å². The molecule has 0 saturated carbocycles. The van der Waals surface area contributed by atoms with Gasteiger partial charge in [0.2, 0.25) is 5.43 Å². The molecule has 0 unspecified atom stereocenters. The Morgan fingerprint density at radius 2 is 2.16 bits per heavy atom. The van der Waals surface area contributed by atoms with E-state index in [4.69, 9.17) is 0 Å². The maximum Gasteiger partial charge on any atom is 0.207 e. The van der Waals surface area contributed by atoms with Crippen LogP contribution in [0.5, 0.6) is 5.75 Å². The molecule has 1 aromatic carbocycles. The molecule has 2 N–H and O–H groups in total. The number of phenolic OH excluding ortho intramolecular Hbond substituents is 1. The van der Waals surface area contributed by atoms with Gasteiger partial charge in [-0.2, -0.15) is 10.2 Å². The average Bonchev–Trinajstić information content (AvgIpc) is 2.89. The number of aromatic nitrogens is 3. The number of hydrogen-bond acceptors (Lipinski definition) is 5. The molecule has 25 heavy (non-hydrogen) atoms. The molecular formula is C18H21N5O2. The summed E-state index contributed by atoms with van der Waals surface area (Å²) >= 11 is 0. The number of hydrazone groups is 1. The van der Waals surface area contributed by atoms with Gasteiger partial charge in [-0.05, 0) is 25.5 Å². The van der Waals surface area contributed by atoms with Gasteiger partial charge in [0.1, 0.15) is 17.0 Å². The van der Waals surface area contributed by atoms with Crippen LogP contribution < -0.4 is 10.4 Å². The SMILES string of the molecule is CC/C=N\N(C)c1ccc(-c2nn(C)c3c(=O)cc(C)[nH]c23)c(O)c1. The summed E-state index contributed by atoms with van der Waals surface area (Å²) < 4.78 is 1.54. The van der Waals surface area contributed by atoms with Crippen LogP contribution in [-0.4, -0.2) is 33.1 Å². The summed E-state index contributed by atoms with van der Waals surface area (Å²) in [5.74, 6) is 0.0819. The van der Waals surface area contributed by atoms with Gasteiger partial charge in [0.05, 0.1) is 11.2 Å². The number of anilines is 1. The number of fused-ring (bicyclic) bond motifs is 1. The van der Waals surface area contributed by atoms with Crippen molar-refractivity contribution in [3.8, 4) is 17.0 Å². The second-order valence-electron chi connectivity index (χ2n) is 5.94. The highest BCUT2D eigenvalue weighted by Gasteiger charge is 2.17. The Morgan fingerprint density at radius 3 is 2.84 bits per heavy atom. The van der Waals surface area contributed by atoms with Crippen LogP contribution in [-0.2, 0) is 7.05 Å². The zero-order valence-electron chi connectivity index (χ0n) is 14.7. The van der Waals surface area contributed by atoms with Crippen molar-refractivity contribution < 1.29 is 5.11 Å². The number of nitrogens with one attached hydrogen (secondary N) is 1. The topological polar surface area (TPSA) is 86.5 Å². The number of aromatic amines is 1. The van der Waals surface area contributed by atoms with E-state index >= 15 is 0 Å². The van der Waals surface area contributed by atoms with E-state index in [1.165, 1.54) is 10.7 Å². The van der Waals surface area contributed by atoms with Gasteiger partial charge in [-0.25, -0.2) is 0 Å². The Morgan fingerprint density at radius 1 is 1.40 bits per heavy atom. The standard InChI is InChI=1S/C18H21N5O2/c1-5-8-19-22(3)12-6-7-13(14(24)10-12)16-17-18(23(4)21-16)15(25)9-11(2)20-17/h6-10,24H,5H2,1-4H3,(H,20,25)/b19-8-. The Kier molecular flexibility index (Phi) is 4.31. The van der Waals surface area contributed by atoms with Crippen LogP contribution in [0.2, 0.25) is 0 Å². The van der Waals surface area contributed by atoms with Crippen LogP contribution in [0, 0.1) is 6.92 Å². The molecule has 0 bridgehead atoms. The van der Waals surface area contributed by atoms with Crippen molar-refractivity contribution in [3.63, 3.8) is 0 Å². The lowest BCUT2D eigenvalue weighted by Gasteiger charge is -2.14. The normalized spacial score (nSPS) is 11.5. The maximum absolute atomic E-state index is 12.2. The van der Waals surface area contributed by atoms with Crippen molar-refractivity contribution in [1.29, 1.82) is 0 Å². The summed E-state index contributed by atoms with van der Waals surface area (Å²) in [5, 5.41) is 20.9. The molecule has 0 aliphatic heterocycles. The number of benzene rings is 1. The highest BCUT2D eigenvalue weighted by molar-refractivity contribution is 5.92. The zero-order valence-corrected chi connectivity index (χ0v) is 14.7. The summed E-state index contributed by atoms with van der Waals surface area (Å²) in [5.41, 5.74) is 3.61. The Balaban J connectivity index is 2.13. The van der Waals surface area contributed by atoms with Crippen LogP contribution in [0.1, 0.15) is 19.0 Å². The molecule has 2 aromatic heterocycles. The molecule has 0 aliphatic carbocycles. The first-order valence-corrected chi connectivity index (χ1v) is 8.08. The van der Waals surface area contributed by atoms with Crippen molar-refractivity contribution in [2.24, 2.45) is 12.1 Å². The van der Waals surface area contributed by atoms with E-state index in [0.717, 1.165) is 17.8 Å².